The number of hydrogen-bond donors (Lipinski definition) is 0. The molecule has 0 fully saturated rings. The van der Waals surface area contributed by atoms with E-state index in [0.717, 1.165) is 16.2 Å². The summed E-state index contributed by atoms with van der Waals surface area (Å²) in [4.78, 5) is 12.0. The predicted octanol–water partition coefficient (Wildman–Crippen LogP) is 2.99. The number of thioether (sulfide) groups is 1. The average Bonchev–Trinajstić information content (AvgIpc) is 2.49. The Balaban J connectivity index is 2.33. The van der Waals surface area contributed by atoms with E-state index in [2.05, 4.69) is 0 Å². The van der Waals surface area contributed by atoms with Crippen molar-refractivity contribution < 1.29 is 9.18 Å². The molecule has 0 saturated heterocycles. The molecule has 0 N–H and O–H groups in total. The maximum Gasteiger partial charge on any atom is 0.130 e. The molecular formula is C11H11FOS. The van der Waals surface area contributed by atoms with Crippen LogP contribution in [0.4, 0.5) is 4.39 Å². The van der Waals surface area contributed by atoms with Crippen LogP contribution in [-0.2, 0) is 4.79 Å². The van der Waals surface area contributed by atoms with Crippen LogP contribution in [0, 0.1) is 5.82 Å². The lowest BCUT2D eigenvalue weighted by atomic mass is 9.96. The van der Waals surface area contributed by atoms with Gasteiger partial charge in [-0.15, -0.1) is 11.8 Å². The van der Waals surface area contributed by atoms with E-state index >= 15 is 0 Å². The Kier molecular flexibility index (Phi) is 2.59. The minimum Gasteiger partial charge on any atom is -0.300 e. The summed E-state index contributed by atoms with van der Waals surface area (Å²) >= 11 is 1.64. The van der Waals surface area contributed by atoms with Crippen molar-refractivity contribution in [1.29, 1.82) is 0 Å². The smallest absolute Gasteiger partial charge is 0.130 e. The van der Waals surface area contributed by atoms with E-state index in [0.29, 0.717) is 6.42 Å². The van der Waals surface area contributed by atoms with Crippen molar-refractivity contribution in [3.63, 3.8) is 0 Å². The number of carbonyl (C=O) groups is 1. The van der Waals surface area contributed by atoms with Gasteiger partial charge < -0.3 is 4.79 Å². The summed E-state index contributed by atoms with van der Waals surface area (Å²) in [7, 11) is 0. The second-order valence-corrected chi connectivity index (χ2v) is 4.63. The summed E-state index contributed by atoms with van der Waals surface area (Å²) < 4.78 is 13.5. The van der Waals surface area contributed by atoms with Crippen LogP contribution in [0.1, 0.15) is 24.8 Å². The lowest BCUT2D eigenvalue weighted by Crippen LogP contribution is -2.04. The van der Waals surface area contributed by atoms with E-state index in [1.54, 1.807) is 24.8 Å². The first-order chi connectivity index (χ1) is 6.68. The number of carbonyl (C=O) groups excluding carboxylic acids is 1. The monoisotopic (exact) mass is 210 g/mol. The summed E-state index contributed by atoms with van der Waals surface area (Å²) in [5.41, 5.74) is 0.743. The zero-order valence-electron chi connectivity index (χ0n) is 7.92. The average molecular weight is 210 g/mol. The van der Waals surface area contributed by atoms with Crippen molar-refractivity contribution in [3.8, 4) is 0 Å². The zero-order valence-corrected chi connectivity index (χ0v) is 8.73. The molecule has 1 heterocycles. The third-order valence-electron chi connectivity index (χ3n) is 2.40. The molecule has 1 aliphatic rings. The van der Waals surface area contributed by atoms with Crippen LogP contribution in [0.5, 0.6) is 0 Å². The molecule has 1 aliphatic heterocycles. The Hall–Kier alpha value is -0.830. The lowest BCUT2D eigenvalue weighted by Gasteiger charge is -2.08. The highest BCUT2D eigenvalue weighted by atomic mass is 32.2. The fourth-order valence-corrected chi connectivity index (χ4v) is 3.08. The minimum atomic E-state index is -0.168. The Labute approximate surface area is 86.7 Å². The molecule has 1 aromatic rings. The van der Waals surface area contributed by atoms with Gasteiger partial charge in [-0.25, -0.2) is 4.39 Å². The molecule has 0 spiro atoms. The molecule has 1 aromatic carbocycles. The first kappa shape index (κ1) is 9.71. The van der Waals surface area contributed by atoms with E-state index in [1.807, 2.05) is 6.07 Å². The minimum absolute atomic E-state index is 0.0775. The van der Waals surface area contributed by atoms with Crippen LogP contribution >= 0.6 is 11.8 Å². The molecular weight excluding hydrogens is 199 g/mol. The zero-order chi connectivity index (χ0) is 10.1. The van der Waals surface area contributed by atoms with Gasteiger partial charge in [0.1, 0.15) is 11.6 Å². The van der Waals surface area contributed by atoms with Crippen LogP contribution in [0.2, 0.25) is 0 Å². The Bertz CT molecular complexity index is 376. The molecule has 1 unspecified atom stereocenters. The first-order valence-electron chi connectivity index (χ1n) is 4.59. The van der Waals surface area contributed by atoms with E-state index in [-0.39, 0.29) is 17.5 Å². The Morgan fingerprint density at radius 2 is 2.43 bits per heavy atom. The van der Waals surface area contributed by atoms with Crippen molar-refractivity contribution in [3.05, 3.63) is 29.6 Å². The van der Waals surface area contributed by atoms with Crippen LogP contribution in [0.25, 0.3) is 0 Å². The molecule has 2 rings (SSSR count). The highest BCUT2D eigenvalue weighted by Gasteiger charge is 2.26. The van der Waals surface area contributed by atoms with Crippen molar-refractivity contribution in [1.82, 2.24) is 0 Å². The van der Waals surface area contributed by atoms with Gasteiger partial charge in [0.15, 0.2) is 0 Å². The van der Waals surface area contributed by atoms with Gasteiger partial charge in [-0.2, -0.15) is 0 Å². The normalized spacial score (nSPS) is 19.4. The van der Waals surface area contributed by atoms with Gasteiger partial charge in [0.2, 0.25) is 0 Å². The number of ketones is 1. The number of benzene rings is 1. The van der Waals surface area contributed by atoms with Crippen LogP contribution in [0.15, 0.2) is 23.1 Å². The van der Waals surface area contributed by atoms with E-state index < -0.39 is 0 Å². The van der Waals surface area contributed by atoms with Gasteiger partial charge in [-0.05, 0) is 19.1 Å². The quantitative estimate of drug-likeness (QED) is 0.746. The van der Waals surface area contributed by atoms with Gasteiger partial charge in [0.25, 0.3) is 0 Å². The highest BCUT2D eigenvalue weighted by Crippen LogP contribution is 2.42. The molecule has 0 amide bonds. The van der Waals surface area contributed by atoms with Crippen molar-refractivity contribution in [2.24, 2.45) is 0 Å². The second kappa shape index (κ2) is 3.73. The number of hydrogen-bond acceptors (Lipinski definition) is 2. The van der Waals surface area contributed by atoms with Crippen molar-refractivity contribution >= 4 is 17.5 Å². The first-order valence-corrected chi connectivity index (χ1v) is 5.57. The largest absolute Gasteiger partial charge is 0.300 e. The molecule has 0 saturated carbocycles. The number of rotatable bonds is 2. The van der Waals surface area contributed by atoms with Gasteiger partial charge in [-0.1, -0.05) is 6.07 Å². The van der Waals surface area contributed by atoms with Crippen LogP contribution < -0.4 is 0 Å². The summed E-state index contributed by atoms with van der Waals surface area (Å²) in [6, 6.07) is 5.11. The molecule has 0 radical (unpaired) electrons. The van der Waals surface area contributed by atoms with Gasteiger partial charge >= 0.3 is 0 Å². The van der Waals surface area contributed by atoms with Gasteiger partial charge in [-0.3, -0.25) is 0 Å². The number of Topliss-reactive ketones (excluding diaryl/α,β-unsaturated/α-hetero) is 1. The van der Waals surface area contributed by atoms with Crippen molar-refractivity contribution in [2.45, 2.75) is 24.2 Å². The standard InChI is InChI=1S/C11H11FOS/c1-7(13)5-8-6-14-10-4-2-3-9(12)11(8)10/h2-4,8H,5-6H2,1H3. The molecule has 3 heteroatoms. The fraction of sp³-hybridized carbons (Fsp3) is 0.364. The van der Waals surface area contributed by atoms with Gasteiger partial charge in [0, 0.05) is 28.6 Å². The summed E-state index contributed by atoms with van der Waals surface area (Å²) in [5.74, 6) is 0.870. The molecule has 14 heavy (non-hydrogen) atoms. The van der Waals surface area contributed by atoms with E-state index in [1.165, 1.54) is 6.07 Å². The number of fused-ring (bicyclic) bond motifs is 1. The van der Waals surface area contributed by atoms with Crippen LogP contribution in [0.3, 0.4) is 0 Å². The lowest BCUT2D eigenvalue weighted by molar-refractivity contribution is -0.117. The molecule has 0 aliphatic carbocycles. The topological polar surface area (TPSA) is 17.1 Å². The predicted molar refractivity (Wildman–Crippen MR) is 55.2 cm³/mol. The molecule has 0 aromatic heterocycles. The van der Waals surface area contributed by atoms with Crippen LogP contribution in [-0.4, -0.2) is 11.5 Å². The molecule has 0 bridgehead atoms. The SMILES string of the molecule is CC(=O)CC1CSc2cccc(F)c21. The highest BCUT2D eigenvalue weighted by molar-refractivity contribution is 7.99. The summed E-state index contributed by atoms with van der Waals surface area (Å²) in [6.45, 7) is 1.56. The second-order valence-electron chi connectivity index (χ2n) is 3.57. The third-order valence-corrected chi connectivity index (χ3v) is 3.63. The van der Waals surface area contributed by atoms with E-state index in [4.69, 9.17) is 0 Å². The Morgan fingerprint density at radius 1 is 1.64 bits per heavy atom. The van der Waals surface area contributed by atoms with E-state index in [9.17, 15) is 9.18 Å². The maximum absolute atomic E-state index is 13.5. The molecule has 1 nitrogen and oxygen atoms in total. The van der Waals surface area contributed by atoms with Gasteiger partial charge in [0.05, 0.1) is 0 Å². The summed E-state index contributed by atoms with van der Waals surface area (Å²) in [5, 5.41) is 0. The molecule has 1 atom stereocenters. The maximum atomic E-state index is 13.5. The van der Waals surface area contributed by atoms with Crippen molar-refractivity contribution in [2.75, 3.05) is 5.75 Å². The third kappa shape index (κ3) is 1.69. The number of halogens is 1. The summed E-state index contributed by atoms with van der Waals surface area (Å²) in [6.07, 6.45) is 0.459. The fourth-order valence-electron chi connectivity index (χ4n) is 1.82. The molecule has 74 valence electrons. The Morgan fingerprint density at radius 3 is 3.14 bits per heavy atom.